The van der Waals surface area contributed by atoms with Gasteiger partial charge in [0.25, 0.3) is 11.5 Å². The van der Waals surface area contributed by atoms with Gasteiger partial charge in [-0.1, -0.05) is 19.3 Å². The molecular weight excluding hydrogens is 326 g/mol. The Hall–Kier alpha value is -2.97. The second-order valence-corrected chi connectivity index (χ2v) is 6.20. The van der Waals surface area contributed by atoms with Crippen molar-refractivity contribution in [2.75, 3.05) is 7.05 Å². The van der Waals surface area contributed by atoms with E-state index in [9.17, 15) is 19.2 Å². The highest BCUT2D eigenvalue weighted by Gasteiger charge is 2.40. The Kier molecular flexibility index (Phi) is 4.39. The fraction of sp³-hybridized carbons (Fsp3) is 0.438. The maximum Gasteiger partial charge on any atom is 0.327 e. The largest absolute Gasteiger partial charge is 0.357 e. The Labute approximate surface area is 142 Å². The molecule has 0 radical (unpaired) electrons. The molecule has 9 heteroatoms. The molecule has 132 valence electrons. The van der Waals surface area contributed by atoms with Crippen LogP contribution in [0.4, 0.5) is 0 Å². The lowest BCUT2D eigenvalue weighted by atomic mass is 9.80. The first-order valence-corrected chi connectivity index (χ1v) is 8.12. The molecule has 1 aliphatic rings. The summed E-state index contributed by atoms with van der Waals surface area (Å²) in [5.74, 6) is -0.707. The third-order valence-corrected chi connectivity index (χ3v) is 4.58. The highest BCUT2D eigenvalue weighted by molar-refractivity contribution is 6.00. The molecule has 3 rings (SSSR count). The van der Waals surface area contributed by atoms with E-state index in [0.717, 1.165) is 19.3 Å². The monoisotopic (exact) mass is 345 g/mol. The van der Waals surface area contributed by atoms with Crippen LogP contribution in [0.2, 0.25) is 0 Å². The Bertz CT molecular complexity index is 939. The number of rotatable bonds is 3. The average Bonchev–Trinajstić information content (AvgIpc) is 2.61. The van der Waals surface area contributed by atoms with E-state index in [1.807, 2.05) is 0 Å². The molecule has 25 heavy (non-hydrogen) atoms. The number of nitrogens with one attached hydrogen (secondary N) is 4. The lowest BCUT2D eigenvalue weighted by Crippen LogP contribution is -2.59. The first kappa shape index (κ1) is 16.9. The first-order chi connectivity index (χ1) is 11.9. The van der Waals surface area contributed by atoms with E-state index in [-0.39, 0.29) is 22.5 Å². The Morgan fingerprint density at radius 3 is 2.56 bits per heavy atom. The third kappa shape index (κ3) is 3.17. The molecule has 2 aromatic rings. The summed E-state index contributed by atoms with van der Waals surface area (Å²) < 4.78 is 0. The maximum atomic E-state index is 12.6. The highest BCUT2D eigenvalue weighted by atomic mass is 16.2. The molecule has 1 fully saturated rings. The molecule has 0 bridgehead atoms. The van der Waals surface area contributed by atoms with Crippen molar-refractivity contribution < 1.29 is 9.59 Å². The summed E-state index contributed by atoms with van der Waals surface area (Å²) in [6.45, 7) is 0. The lowest BCUT2D eigenvalue weighted by Gasteiger charge is -2.36. The standard InChI is InChI=1S/C16H19N5O4/c1-17-14(24)16(5-3-2-4-6-16)21-12(22)9-7-10-11(18-8-9)19-15(25)20-13(10)23/h7-8H,2-6H2,1H3,(H,17,24)(H,21,22)(H2,18,19,20,23,25). The van der Waals surface area contributed by atoms with E-state index >= 15 is 0 Å². The van der Waals surface area contributed by atoms with Gasteiger partial charge in [0, 0.05) is 13.2 Å². The molecule has 2 amide bonds. The highest BCUT2D eigenvalue weighted by Crippen LogP contribution is 2.28. The van der Waals surface area contributed by atoms with Crippen LogP contribution >= 0.6 is 0 Å². The van der Waals surface area contributed by atoms with Crippen molar-refractivity contribution in [3.8, 4) is 0 Å². The number of aromatic nitrogens is 3. The third-order valence-electron chi connectivity index (χ3n) is 4.58. The zero-order valence-electron chi connectivity index (χ0n) is 13.8. The van der Waals surface area contributed by atoms with E-state index in [1.165, 1.54) is 19.3 Å². The summed E-state index contributed by atoms with van der Waals surface area (Å²) in [4.78, 5) is 56.6. The van der Waals surface area contributed by atoms with Crippen LogP contribution in [0.1, 0.15) is 42.5 Å². The van der Waals surface area contributed by atoms with Crippen LogP contribution in [0.5, 0.6) is 0 Å². The summed E-state index contributed by atoms with van der Waals surface area (Å²) in [6.07, 6.45) is 5.12. The molecule has 2 aromatic heterocycles. The second-order valence-electron chi connectivity index (χ2n) is 6.20. The van der Waals surface area contributed by atoms with Gasteiger partial charge in [-0.15, -0.1) is 0 Å². The molecule has 0 saturated heterocycles. The number of hydrogen-bond donors (Lipinski definition) is 4. The molecule has 0 atom stereocenters. The van der Waals surface area contributed by atoms with E-state index < -0.39 is 22.7 Å². The normalized spacial score (nSPS) is 16.4. The van der Waals surface area contributed by atoms with Crippen molar-refractivity contribution in [1.29, 1.82) is 0 Å². The Morgan fingerprint density at radius 2 is 1.88 bits per heavy atom. The molecule has 0 unspecified atom stereocenters. The van der Waals surface area contributed by atoms with Gasteiger partial charge in [-0.05, 0) is 18.9 Å². The Balaban J connectivity index is 1.94. The fourth-order valence-corrected chi connectivity index (χ4v) is 3.26. The zero-order valence-corrected chi connectivity index (χ0v) is 13.8. The van der Waals surface area contributed by atoms with E-state index in [4.69, 9.17) is 0 Å². The predicted molar refractivity (Wildman–Crippen MR) is 90.3 cm³/mol. The van der Waals surface area contributed by atoms with E-state index in [0.29, 0.717) is 12.8 Å². The number of pyridine rings is 1. The van der Waals surface area contributed by atoms with Gasteiger partial charge in [0.15, 0.2) is 0 Å². The van der Waals surface area contributed by atoms with Crippen LogP contribution < -0.4 is 21.9 Å². The second kappa shape index (κ2) is 6.50. The molecule has 9 nitrogen and oxygen atoms in total. The molecule has 0 aromatic carbocycles. The maximum absolute atomic E-state index is 12.6. The summed E-state index contributed by atoms with van der Waals surface area (Å²) in [5.41, 5.74) is -1.98. The van der Waals surface area contributed by atoms with Crippen molar-refractivity contribution in [2.45, 2.75) is 37.6 Å². The summed E-state index contributed by atoms with van der Waals surface area (Å²) in [6, 6.07) is 1.35. The van der Waals surface area contributed by atoms with Gasteiger partial charge in [-0.2, -0.15) is 0 Å². The van der Waals surface area contributed by atoms with Gasteiger partial charge >= 0.3 is 5.69 Å². The number of hydrogen-bond acceptors (Lipinski definition) is 5. The number of amides is 2. The molecule has 0 aliphatic heterocycles. The van der Waals surface area contributed by atoms with Crippen LogP contribution in [0.25, 0.3) is 11.0 Å². The molecular formula is C16H19N5O4. The molecule has 1 saturated carbocycles. The van der Waals surface area contributed by atoms with Gasteiger partial charge in [0.2, 0.25) is 5.91 Å². The topological polar surface area (TPSA) is 137 Å². The number of fused-ring (bicyclic) bond motifs is 1. The number of carbonyl (C=O) groups is 2. The van der Waals surface area contributed by atoms with Crippen LogP contribution in [0, 0.1) is 0 Å². The summed E-state index contributed by atoms with van der Waals surface area (Å²) in [5, 5.41) is 5.53. The summed E-state index contributed by atoms with van der Waals surface area (Å²) in [7, 11) is 1.54. The van der Waals surface area contributed by atoms with E-state index in [2.05, 4.69) is 25.6 Å². The van der Waals surface area contributed by atoms with Gasteiger partial charge in [0.05, 0.1) is 10.9 Å². The number of likely N-dealkylation sites (N-methyl/N-ethyl adjacent to an activating group) is 1. The smallest absolute Gasteiger partial charge is 0.327 e. The van der Waals surface area contributed by atoms with Crippen molar-refractivity contribution in [2.24, 2.45) is 0 Å². The van der Waals surface area contributed by atoms with Crippen molar-refractivity contribution >= 4 is 22.8 Å². The number of carbonyl (C=O) groups excluding carboxylic acids is 2. The minimum absolute atomic E-state index is 0.101. The predicted octanol–water partition coefficient (Wildman–Crippen LogP) is -0.210. The number of H-pyrrole nitrogens is 2. The first-order valence-electron chi connectivity index (χ1n) is 8.12. The quantitative estimate of drug-likeness (QED) is 0.610. The Morgan fingerprint density at radius 1 is 1.16 bits per heavy atom. The minimum Gasteiger partial charge on any atom is -0.357 e. The van der Waals surface area contributed by atoms with Gasteiger partial charge in [-0.3, -0.25) is 24.4 Å². The number of nitrogens with zero attached hydrogens (tertiary/aromatic N) is 1. The van der Waals surface area contributed by atoms with Crippen LogP contribution in [0.15, 0.2) is 21.9 Å². The summed E-state index contributed by atoms with van der Waals surface area (Å²) >= 11 is 0. The van der Waals surface area contributed by atoms with Gasteiger partial charge < -0.3 is 10.6 Å². The van der Waals surface area contributed by atoms with Crippen molar-refractivity contribution in [3.05, 3.63) is 38.7 Å². The lowest BCUT2D eigenvalue weighted by molar-refractivity contribution is -0.128. The van der Waals surface area contributed by atoms with Crippen molar-refractivity contribution in [3.63, 3.8) is 0 Å². The minimum atomic E-state index is -0.948. The van der Waals surface area contributed by atoms with Crippen molar-refractivity contribution in [1.82, 2.24) is 25.6 Å². The molecule has 0 spiro atoms. The molecule has 2 heterocycles. The molecule has 1 aliphatic carbocycles. The SMILES string of the molecule is CNC(=O)C1(NC(=O)c2cnc3[nH]c(=O)[nH]c(=O)c3c2)CCCCC1. The van der Waals surface area contributed by atoms with Crippen LogP contribution in [-0.4, -0.2) is 39.4 Å². The van der Waals surface area contributed by atoms with Crippen LogP contribution in [-0.2, 0) is 4.79 Å². The van der Waals surface area contributed by atoms with Gasteiger partial charge in [-0.25, -0.2) is 9.78 Å². The zero-order chi connectivity index (χ0) is 18.0. The van der Waals surface area contributed by atoms with Crippen LogP contribution in [0.3, 0.4) is 0 Å². The van der Waals surface area contributed by atoms with E-state index in [1.54, 1.807) is 0 Å². The molecule has 4 N–H and O–H groups in total. The van der Waals surface area contributed by atoms with Gasteiger partial charge in [0.1, 0.15) is 11.2 Å². The fourth-order valence-electron chi connectivity index (χ4n) is 3.26. The number of aromatic amines is 2. The average molecular weight is 345 g/mol.